The molecule has 2 rings (SSSR count). The molecule has 0 aliphatic rings. The van der Waals surface area contributed by atoms with Gasteiger partial charge in [-0.05, 0) is 13.0 Å². The summed E-state index contributed by atoms with van der Waals surface area (Å²) in [5, 5.41) is 6.90. The van der Waals surface area contributed by atoms with Crippen LogP contribution in [0, 0.1) is 0 Å². The topological polar surface area (TPSA) is 57.0 Å². The third kappa shape index (κ3) is 2.46. The summed E-state index contributed by atoms with van der Waals surface area (Å²) in [4.78, 5) is 15.3. The van der Waals surface area contributed by atoms with Crippen LogP contribution < -0.4 is 0 Å². The molecule has 84 valence electrons. The number of carbonyl (C=O) groups excluding carboxylic acids is 1. The molecule has 5 nitrogen and oxygen atoms in total. The Hall–Kier alpha value is -1.69. The molecule has 0 bridgehead atoms. The zero-order chi connectivity index (χ0) is 11.4. The Bertz CT molecular complexity index is 464. The number of nitrogens with zero attached hydrogens (tertiary/aromatic N) is 3. The Kier molecular flexibility index (Phi) is 3.31. The molecule has 0 N–H and O–H groups in total. The van der Waals surface area contributed by atoms with E-state index in [9.17, 15) is 4.79 Å². The van der Waals surface area contributed by atoms with E-state index >= 15 is 0 Å². The Morgan fingerprint density at radius 1 is 1.62 bits per heavy atom. The van der Waals surface area contributed by atoms with Gasteiger partial charge in [0.1, 0.15) is 0 Å². The fourth-order valence-electron chi connectivity index (χ4n) is 1.25. The number of thiazole rings is 1. The van der Waals surface area contributed by atoms with E-state index in [2.05, 4.69) is 10.1 Å². The molecule has 0 spiro atoms. The normalized spacial score (nSPS) is 10.3. The van der Waals surface area contributed by atoms with E-state index < -0.39 is 0 Å². The van der Waals surface area contributed by atoms with E-state index in [-0.39, 0.29) is 12.4 Å². The SMILES string of the molecule is CCOC(=O)Cc1ccn(-c2nccs2)n1. The number of aromatic nitrogens is 3. The highest BCUT2D eigenvalue weighted by molar-refractivity contribution is 7.12. The summed E-state index contributed by atoms with van der Waals surface area (Å²) in [7, 11) is 0. The summed E-state index contributed by atoms with van der Waals surface area (Å²) in [5.41, 5.74) is 0.689. The molecule has 2 aromatic rings. The van der Waals surface area contributed by atoms with Gasteiger partial charge in [-0.2, -0.15) is 5.10 Å². The molecule has 0 unspecified atom stereocenters. The van der Waals surface area contributed by atoms with Crippen LogP contribution in [0.5, 0.6) is 0 Å². The fraction of sp³-hybridized carbons (Fsp3) is 0.300. The first-order valence-electron chi connectivity index (χ1n) is 4.89. The second kappa shape index (κ2) is 4.89. The Morgan fingerprint density at radius 3 is 3.19 bits per heavy atom. The first kappa shape index (κ1) is 10.8. The minimum atomic E-state index is -0.258. The molecule has 0 fully saturated rings. The molecule has 0 atom stereocenters. The van der Waals surface area contributed by atoms with Crippen LogP contribution in [0.4, 0.5) is 0 Å². The number of hydrogen-bond acceptors (Lipinski definition) is 5. The summed E-state index contributed by atoms with van der Waals surface area (Å²) < 4.78 is 6.50. The van der Waals surface area contributed by atoms with Crippen LogP contribution in [0.3, 0.4) is 0 Å². The minimum Gasteiger partial charge on any atom is -0.466 e. The average Bonchev–Trinajstić information content (AvgIpc) is 2.86. The maximum absolute atomic E-state index is 11.2. The third-order valence-corrected chi connectivity index (χ3v) is 2.65. The Balaban J connectivity index is 2.06. The van der Waals surface area contributed by atoms with Gasteiger partial charge in [-0.3, -0.25) is 4.79 Å². The van der Waals surface area contributed by atoms with E-state index in [1.807, 2.05) is 5.38 Å². The number of esters is 1. The molecule has 6 heteroatoms. The van der Waals surface area contributed by atoms with Crippen LogP contribution in [0.1, 0.15) is 12.6 Å². The van der Waals surface area contributed by atoms with Gasteiger partial charge < -0.3 is 4.74 Å². The van der Waals surface area contributed by atoms with Crippen molar-refractivity contribution in [2.24, 2.45) is 0 Å². The van der Waals surface area contributed by atoms with E-state index in [0.29, 0.717) is 12.3 Å². The number of hydrogen-bond donors (Lipinski definition) is 0. The largest absolute Gasteiger partial charge is 0.466 e. The molecule has 0 saturated heterocycles. The molecule has 0 amide bonds. The fourth-order valence-corrected chi connectivity index (χ4v) is 1.83. The van der Waals surface area contributed by atoms with Gasteiger partial charge in [0, 0.05) is 17.8 Å². The summed E-state index contributed by atoms with van der Waals surface area (Å²) in [5.74, 6) is -0.258. The molecule has 0 aromatic carbocycles. The molecule has 16 heavy (non-hydrogen) atoms. The van der Waals surface area contributed by atoms with Crippen molar-refractivity contribution in [2.45, 2.75) is 13.3 Å². The zero-order valence-electron chi connectivity index (χ0n) is 8.79. The average molecular weight is 237 g/mol. The van der Waals surface area contributed by atoms with Crippen LogP contribution >= 0.6 is 11.3 Å². The Morgan fingerprint density at radius 2 is 2.50 bits per heavy atom. The molecular weight excluding hydrogens is 226 g/mol. The molecule has 2 heterocycles. The predicted molar refractivity (Wildman–Crippen MR) is 59.6 cm³/mol. The molecular formula is C10H11N3O2S. The quantitative estimate of drug-likeness (QED) is 0.755. The van der Waals surface area contributed by atoms with Crippen molar-refractivity contribution < 1.29 is 9.53 Å². The first-order valence-corrected chi connectivity index (χ1v) is 5.77. The summed E-state index contributed by atoms with van der Waals surface area (Å²) in [6.45, 7) is 2.18. The number of ether oxygens (including phenoxy) is 1. The Labute approximate surface area is 96.7 Å². The van der Waals surface area contributed by atoms with Crippen LogP contribution in [0.2, 0.25) is 0 Å². The van der Waals surface area contributed by atoms with E-state index in [1.54, 1.807) is 30.1 Å². The number of rotatable bonds is 4. The van der Waals surface area contributed by atoms with Crippen LogP contribution in [-0.4, -0.2) is 27.3 Å². The van der Waals surface area contributed by atoms with Crippen molar-refractivity contribution in [2.75, 3.05) is 6.61 Å². The van der Waals surface area contributed by atoms with Gasteiger partial charge in [-0.1, -0.05) is 0 Å². The van der Waals surface area contributed by atoms with Gasteiger partial charge in [-0.15, -0.1) is 11.3 Å². The molecule has 2 aromatic heterocycles. The van der Waals surface area contributed by atoms with Gasteiger partial charge >= 0.3 is 5.97 Å². The second-order valence-electron chi connectivity index (χ2n) is 3.05. The van der Waals surface area contributed by atoms with Gasteiger partial charge in [0.05, 0.1) is 18.7 Å². The van der Waals surface area contributed by atoms with Crippen molar-refractivity contribution >= 4 is 17.3 Å². The zero-order valence-corrected chi connectivity index (χ0v) is 9.61. The summed E-state index contributed by atoms with van der Waals surface area (Å²) >= 11 is 1.49. The van der Waals surface area contributed by atoms with E-state index in [0.717, 1.165) is 5.13 Å². The van der Waals surface area contributed by atoms with Crippen molar-refractivity contribution in [3.8, 4) is 5.13 Å². The lowest BCUT2D eigenvalue weighted by Crippen LogP contribution is -2.08. The minimum absolute atomic E-state index is 0.201. The highest BCUT2D eigenvalue weighted by Gasteiger charge is 2.08. The second-order valence-corrected chi connectivity index (χ2v) is 3.92. The lowest BCUT2D eigenvalue weighted by molar-refractivity contribution is -0.142. The standard InChI is InChI=1S/C10H11N3O2S/c1-2-15-9(14)7-8-3-5-13(12-8)10-11-4-6-16-10/h3-6H,2,7H2,1H3. The lowest BCUT2D eigenvalue weighted by Gasteiger charge is -1.98. The molecule has 0 saturated carbocycles. The van der Waals surface area contributed by atoms with Gasteiger partial charge in [0.15, 0.2) is 0 Å². The maximum atomic E-state index is 11.2. The highest BCUT2D eigenvalue weighted by atomic mass is 32.1. The smallest absolute Gasteiger partial charge is 0.311 e. The van der Waals surface area contributed by atoms with Crippen molar-refractivity contribution in [3.05, 3.63) is 29.5 Å². The predicted octanol–water partition coefficient (Wildman–Crippen LogP) is 1.43. The van der Waals surface area contributed by atoms with Crippen LogP contribution in [-0.2, 0) is 16.0 Å². The van der Waals surface area contributed by atoms with E-state index in [4.69, 9.17) is 4.74 Å². The lowest BCUT2D eigenvalue weighted by atomic mass is 10.3. The monoisotopic (exact) mass is 237 g/mol. The summed E-state index contributed by atoms with van der Waals surface area (Å²) in [6, 6.07) is 1.79. The number of carbonyl (C=O) groups is 1. The van der Waals surface area contributed by atoms with Crippen LogP contribution in [0.25, 0.3) is 5.13 Å². The molecule has 0 aliphatic heterocycles. The van der Waals surface area contributed by atoms with Crippen molar-refractivity contribution in [3.63, 3.8) is 0 Å². The highest BCUT2D eigenvalue weighted by Crippen LogP contribution is 2.10. The van der Waals surface area contributed by atoms with Crippen molar-refractivity contribution in [1.29, 1.82) is 0 Å². The van der Waals surface area contributed by atoms with Gasteiger partial charge in [0.2, 0.25) is 5.13 Å². The van der Waals surface area contributed by atoms with Crippen molar-refractivity contribution in [1.82, 2.24) is 14.8 Å². The molecule has 0 radical (unpaired) electrons. The van der Waals surface area contributed by atoms with Crippen LogP contribution in [0.15, 0.2) is 23.8 Å². The summed E-state index contributed by atoms with van der Waals surface area (Å²) in [6.07, 6.45) is 3.70. The molecule has 0 aliphatic carbocycles. The van der Waals surface area contributed by atoms with Gasteiger partial charge in [0.25, 0.3) is 0 Å². The maximum Gasteiger partial charge on any atom is 0.311 e. The first-order chi connectivity index (χ1) is 7.79. The third-order valence-electron chi connectivity index (χ3n) is 1.89. The van der Waals surface area contributed by atoms with E-state index in [1.165, 1.54) is 11.3 Å². The van der Waals surface area contributed by atoms with Gasteiger partial charge in [-0.25, -0.2) is 9.67 Å².